The summed E-state index contributed by atoms with van der Waals surface area (Å²) in [5, 5.41) is 7.80. The molecule has 1 unspecified atom stereocenters. The van der Waals surface area contributed by atoms with Crippen LogP contribution in [-0.2, 0) is 11.3 Å². The predicted molar refractivity (Wildman–Crippen MR) is 127 cm³/mol. The molecule has 180 valence electrons. The number of amides is 2. The SMILES string of the molecule is CC(C)(C)OC(=O)N1CCCC1CNC(=O)c1nc(NCc2cncc(F)c2)nc2ccsc12. The van der Waals surface area contributed by atoms with Crippen LogP contribution in [0.1, 0.15) is 49.7 Å². The van der Waals surface area contributed by atoms with Gasteiger partial charge in [0.05, 0.1) is 22.5 Å². The number of nitrogens with one attached hydrogen (secondary N) is 2. The summed E-state index contributed by atoms with van der Waals surface area (Å²) in [6.45, 7) is 6.64. The van der Waals surface area contributed by atoms with Crippen LogP contribution in [0.4, 0.5) is 15.1 Å². The highest BCUT2D eigenvalue weighted by Crippen LogP contribution is 2.25. The molecule has 11 heteroatoms. The summed E-state index contributed by atoms with van der Waals surface area (Å²) in [5.41, 5.74) is 0.941. The normalized spacial score (nSPS) is 16.0. The Bertz CT molecular complexity index is 1190. The number of aromatic nitrogens is 3. The summed E-state index contributed by atoms with van der Waals surface area (Å²) >= 11 is 1.38. The number of pyridine rings is 1. The first-order valence-corrected chi connectivity index (χ1v) is 11.9. The molecule has 0 bridgehead atoms. The van der Waals surface area contributed by atoms with Gasteiger partial charge in [0.1, 0.15) is 11.4 Å². The number of thiophene rings is 1. The number of ether oxygens (including phenoxy) is 1. The molecule has 1 fully saturated rings. The Hall–Kier alpha value is -3.34. The van der Waals surface area contributed by atoms with Crippen LogP contribution in [0.5, 0.6) is 0 Å². The van der Waals surface area contributed by atoms with Gasteiger partial charge in [-0.15, -0.1) is 11.3 Å². The number of carbonyl (C=O) groups is 2. The molecule has 2 amide bonds. The smallest absolute Gasteiger partial charge is 0.410 e. The maximum Gasteiger partial charge on any atom is 0.410 e. The van der Waals surface area contributed by atoms with E-state index in [1.165, 1.54) is 17.4 Å². The van der Waals surface area contributed by atoms with Gasteiger partial charge >= 0.3 is 6.09 Å². The van der Waals surface area contributed by atoms with Crippen molar-refractivity contribution in [2.24, 2.45) is 0 Å². The van der Waals surface area contributed by atoms with Crippen molar-refractivity contribution < 1.29 is 18.7 Å². The van der Waals surface area contributed by atoms with Crippen LogP contribution in [-0.4, -0.2) is 56.6 Å². The largest absolute Gasteiger partial charge is 0.444 e. The quantitative estimate of drug-likeness (QED) is 0.543. The van der Waals surface area contributed by atoms with Crippen LogP contribution in [0.15, 0.2) is 29.9 Å². The number of hydrogen-bond donors (Lipinski definition) is 2. The van der Waals surface area contributed by atoms with E-state index in [0.29, 0.717) is 28.9 Å². The standard InChI is InChI=1S/C23H27FN6O3S/c1-23(2,3)33-22(32)30-7-4-5-16(30)13-26-20(31)18-19-17(6-8-34-19)28-21(29-18)27-11-14-9-15(24)12-25-10-14/h6,8-10,12,16H,4-5,7,11,13H2,1-3H3,(H,26,31)(H,27,28,29). The Balaban J connectivity index is 1.44. The fraction of sp³-hybridized carbons (Fsp3) is 0.435. The third-order valence-electron chi connectivity index (χ3n) is 5.23. The monoisotopic (exact) mass is 486 g/mol. The van der Waals surface area contributed by atoms with E-state index in [1.807, 2.05) is 32.2 Å². The lowest BCUT2D eigenvalue weighted by Crippen LogP contribution is -2.45. The number of carbonyl (C=O) groups excluding carboxylic acids is 2. The first-order chi connectivity index (χ1) is 16.2. The highest BCUT2D eigenvalue weighted by atomic mass is 32.1. The fourth-order valence-corrected chi connectivity index (χ4v) is 4.55. The number of likely N-dealkylation sites (tertiary alicyclic amines) is 1. The van der Waals surface area contributed by atoms with Crippen LogP contribution in [0.25, 0.3) is 10.2 Å². The minimum atomic E-state index is -0.579. The molecule has 0 saturated carbocycles. The van der Waals surface area contributed by atoms with Gasteiger partial charge in [-0.3, -0.25) is 9.78 Å². The van der Waals surface area contributed by atoms with Gasteiger partial charge in [-0.25, -0.2) is 19.2 Å². The average Bonchev–Trinajstić information content (AvgIpc) is 3.43. The maximum absolute atomic E-state index is 13.4. The van der Waals surface area contributed by atoms with E-state index in [2.05, 4.69) is 25.6 Å². The summed E-state index contributed by atoms with van der Waals surface area (Å²) in [6.07, 6.45) is 3.95. The molecule has 0 spiro atoms. The van der Waals surface area contributed by atoms with E-state index in [0.717, 1.165) is 19.0 Å². The fourth-order valence-electron chi connectivity index (χ4n) is 3.73. The molecule has 2 N–H and O–H groups in total. The van der Waals surface area contributed by atoms with Gasteiger partial charge in [0.2, 0.25) is 5.95 Å². The molecule has 0 aliphatic carbocycles. The van der Waals surface area contributed by atoms with Gasteiger partial charge in [-0.2, -0.15) is 0 Å². The van der Waals surface area contributed by atoms with Crippen molar-refractivity contribution in [3.05, 3.63) is 47.0 Å². The average molecular weight is 487 g/mol. The van der Waals surface area contributed by atoms with E-state index in [1.54, 1.807) is 11.1 Å². The van der Waals surface area contributed by atoms with E-state index in [-0.39, 0.29) is 36.2 Å². The number of fused-ring (bicyclic) bond motifs is 1. The predicted octanol–water partition coefficient (Wildman–Crippen LogP) is 3.97. The molecule has 9 nitrogen and oxygen atoms in total. The van der Waals surface area contributed by atoms with Gasteiger partial charge in [0, 0.05) is 25.8 Å². The van der Waals surface area contributed by atoms with Crippen LogP contribution in [0, 0.1) is 5.82 Å². The molecular formula is C23H27FN6O3S. The lowest BCUT2D eigenvalue weighted by Gasteiger charge is -2.28. The Labute approximate surface area is 200 Å². The molecule has 1 aliphatic rings. The Morgan fingerprint density at radius 3 is 2.88 bits per heavy atom. The zero-order valence-electron chi connectivity index (χ0n) is 19.3. The van der Waals surface area contributed by atoms with Crippen molar-refractivity contribution in [3.8, 4) is 0 Å². The van der Waals surface area contributed by atoms with Gasteiger partial charge in [0.25, 0.3) is 5.91 Å². The summed E-state index contributed by atoms with van der Waals surface area (Å²) in [4.78, 5) is 40.0. The summed E-state index contributed by atoms with van der Waals surface area (Å²) < 4.78 is 19.6. The van der Waals surface area contributed by atoms with Gasteiger partial charge < -0.3 is 20.3 Å². The first-order valence-electron chi connectivity index (χ1n) is 11.1. The van der Waals surface area contributed by atoms with Crippen LogP contribution in [0.3, 0.4) is 0 Å². The molecule has 34 heavy (non-hydrogen) atoms. The third-order valence-corrected chi connectivity index (χ3v) is 6.14. The number of hydrogen-bond acceptors (Lipinski definition) is 8. The molecule has 3 aromatic heterocycles. The van der Waals surface area contributed by atoms with Crippen LogP contribution < -0.4 is 10.6 Å². The molecule has 3 aromatic rings. The first kappa shape index (κ1) is 23.8. The zero-order chi connectivity index (χ0) is 24.3. The highest BCUT2D eigenvalue weighted by molar-refractivity contribution is 7.17. The number of halogens is 1. The van der Waals surface area contributed by atoms with Crippen molar-refractivity contribution in [3.63, 3.8) is 0 Å². The van der Waals surface area contributed by atoms with E-state index < -0.39 is 11.4 Å². The maximum atomic E-state index is 13.4. The van der Waals surface area contributed by atoms with Crippen LogP contribution >= 0.6 is 11.3 Å². The second-order valence-corrected chi connectivity index (χ2v) is 9.99. The van der Waals surface area contributed by atoms with Crippen molar-refractivity contribution in [1.82, 2.24) is 25.2 Å². The van der Waals surface area contributed by atoms with Crippen LogP contribution in [0.2, 0.25) is 0 Å². The van der Waals surface area contributed by atoms with Crippen molar-refractivity contribution in [2.45, 2.75) is 51.8 Å². The summed E-state index contributed by atoms with van der Waals surface area (Å²) in [5.74, 6) is -0.515. The van der Waals surface area contributed by atoms with E-state index >= 15 is 0 Å². The molecule has 0 aromatic carbocycles. The number of anilines is 1. The van der Waals surface area contributed by atoms with E-state index in [9.17, 15) is 14.0 Å². The molecule has 4 rings (SSSR count). The Morgan fingerprint density at radius 2 is 2.12 bits per heavy atom. The third kappa shape index (κ3) is 5.77. The Morgan fingerprint density at radius 1 is 1.29 bits per heavy atom. The molecule has 1 aliphatic heterocycles. The van der Waals surface area contributed by atoms with Gasteiger partial charge in [-0.1, -0.05) is 0 Å². The van der Waals surface area contributed by atoms with Crippen molar-refractivity contribution >= 4 is 39.5 Å². The summed E-state index contributed by atoms with van der Waals surface area (Å²) in [6, 6.07) is 3.04. The topological polar surface area (TPSA) is 109 Å². The van der Waals surface area contributed by atoms with Gasteiger partial charge in [0.15, 0.2) is 5.69 Å². The second kappa shape index (κ2) is 9.88. The molecule has 1 atom stereocenters. The minimum absolute atomic E-state index is 0.141. The molecule has 4 heterocycles. The lowest BCUT2D eigenvalue weighted by atomic mass is 10.2. The number of nitrogens with zero attached hydrogens (tertiary/aromatic N) is 4. The lowest BCUT2D eigenvalue weighted by molar-refractivity contribution is 0.0225. The molecule has 1 saturated heterocycles. The molecule has 0 radical (unpaired) electrons. The van der Waals surface area contributed by atoms with Gasteiger partial charge in [-0.05, 0) is 56.7 Å². The van der Waals surface area contributed by atoms with E-state index in [4.69, 9.17) is 4.74 Å². The van der Waals surface area contributed by atoms with Crippen molar-refractivity contribution in [2.75, 3.05) is 18.4 Å². The summed E-state index contributed by atoms with van der Waals surface area (Å²) in [7, 11) is 0. The molecular weight excluding hydrogens is 459 g/mol. The minimum Gasteiger partial charge on any atom is -0.444 e. The Kier molecular flexibility index (Phi) is 6.92. The second-order valence-electron chi connectivity index (χ2n) is 9.08. The number of rotatable bonds is 6. The zero-order valence-corrected chi connectivity index (χ0v) is 20.1. The van der Waals surface area contributed by atoms with Crippen molar-refractivity contribution in [1.29, 1.82) is 0 Å². The highest BCUT2D eigenvalue weighted by Gasteiger charge is 2.32.